The molecule has 1 saturated heterocycles. The summed E-state index contributed by atoms with van der Waals surface area (Å²) in [7, 11) is 0. The number of benzene rings is 2. The van der Waals surface area contributed by atoms with E-state index < -0.39 is 12.1 Å². The molecular formula is C17H14ClFN2O2. The number of hydrogen-bond donors (Lipinski definition) is 0. The Bertz CT molecular complexity index is 746. The molecule has 1 fully saturated rings. The van der Waals surface area contributed by atoms with Crippen molar-refractivity contribution in [2.24, 2.45) is 0 Å². The fourth-order valence-corrected chi connectivity index (χ4v) is 2.65. The molecule has 0 aromatic heterocycles. The van der Waals surface area contributed by atoms with Crippen LogP contribution in [0.2, 0.25) is 5.02 Å². The van der Waals surface area contributed by atoms with Crippen LogP contribution in [0, 0.1) is 5.82 Å². The van der Waals surface area contributed by atoms with E-state index in [-0.39, 0.29) is 18.3 Å². The number of urea groups is 1. The molecule has 0 N–H and O–H groups in total. The van der Waals surface area contributed by atoms with Crippen LogP contribution in [-0.2, 0) is 11.3 Å². The molecule has 4 nitrogen and oxygen atoms in total. The first kappa shape index (κ1) is 15.5. The van der Waals surface area contributed by atoms with E-state index in [9.17, 15) is 14.0 Å². The van der Waals surface area contributed by atoms with E-state index in [4.69, 9.17) is 11.6 Å². The first-order valence-electron chi connectivity index (χ1n) is 7.12. The molecular weight excluding hydrogens is 319 g/mol. The molecule has 1 heterocycles. The molecule has 1 atom stereocenters. The van der Waals surface area contributed by atoms with Crippen LogP contribution in [0.3, 0.4) is 0 Å². The zero-order valence-corrected chi connectivity index (χ0v) is 13.1. The van der Waals surface area contributed by atoms with Crippen LogP contribution < -0.4 is 4.90 Å². The SMILES string of the molecule is C[C@H]1C(=O)N(c2ccc(Cl)cc2)C(=O)N1Cc1ccc(F)cc1. The van der Waals surface area contributed by atoms with Gasteiger partial charge in [0.15, 0.2) is 0 Å². The molecule has 0 spiro atoms. The van der Waals surface area contributed by atoms with Crippen LogP contribution in [0.25, 0.3) is 0 Å². The highest BCUT2D eigenvalue weighted by Crippen LogP contribution is 2.27. The minimum absolute atomic E-state index is 0.246. The maximum absolute atomic E-state index is 13.0. The Morgan fingerprint density at radius 1 is 1.04 bits per heavy atom. The number of carbonyl (C=O) groups excluding carboxylic acids is 2. The summed E-state index contributed by atoms with van der Waals surface area (Å²) in [5.41, 5.74) is 1.25. The number of amides is 3. The van der Waals surface area contributed by atoms with Crippen molar-refractivity contribution < 1.29 is 14.0 Å². The number of anilines is 1. The van der Waals surface area contributed by atoms with E-state index in [1.807, 2.05) is 0 Å². The quantitative estimate of drug-likeness (QED) is 0.801. The second-order valence-corrected chi connectivity index (χ2v) is 5.80. The Hall–Kier alpha value is -2.40. The molecule has 0 saturated carbocycles. The van der Waals surface area contributed by atoms with Crippen LogP contribution in [0.4, 0.5) is 14.9 Å². The number of hydrogen-bond acceptors (Lipinski definition) is 2. The minimum atomic E-state index is -0.580. The lowest BCUT2D eigenvalue weighted by molar-refractivity contribution is -0.119. The van der Waals surface area contributed by atoms with Crippen molar-refractivity contribution in [1.82, 2.24) is 4.90 Å². The molecule has 2 aromatic carbocycles. The first-order chi connectivity index (χ1) is 11.0. The number of nitrogens with zero attached hydrogens (tertiary/aromatic N) is 2. The smallest absolute Gasteiger partial charge is 0.308 e. The Balaban J connectivity index is 1.85. The normalized spacial score (nSPS) is 18.0. The lowest BCUT2D eigenvalue weighted by Gasteiger charge is -2.19. The van der Waals surface area contributed by atoms with Gasteiger partial charge in [-0.25, -0.2) is 14.1 Å². The number of carbonyl (C=O) groups is 2. The van der Waals surface area contributed by atoms with Crippen LogP contribution in [0.15, 0.2) is 48.5 Å². The summed E-state index contributed by atoms with van der Waals surface area (Å²) in [4.78, 5) is 27.6. The van der Waals surface area contributed by atoms with Gasteiger partial charge in [-0.15, -0.1) is 0 Å². The molecule has 3 rings (SSSR count). The summed E-state index contributed by atoms with van der Waals surface area (Å²) in [6.45, 7) is 1.93. The predicted molar refractivity (Wildman–Crippen MR) is 85.7 cm³/mol. The molecule has 0 bridgehead atoms. The molecule has 0 unspecified atom stereocenters. The van der Waals surface area contributed by atoms with Gasteiger partial charge in [0.2, 0.25) is 0 Å². The third kappa shape index (κ3) is 2.92. The Labute approximate surface area is 138 Å². The first-order valence-corrected chi connectivity index (χ1v) is 7.50. The molecule has 1 aliphatic rings. The Morgan fingerprint density at radius 3 is 2.26 bits per heavy atom. The van der Waals surface area contributed by atoms with Gasteiger partial charge in [-0.3, -0.25) is 4.79 Å². The van der Waals surface area contributed by atoms with Gasteiger partial charge in [0, 0.05) is 11.6 Å². The second-order valence-electron chi connectivity index (χ2n) is 5.36. The number of imide groups is 1. The van der Waals surface area contributed by atoms with Crippen LogP contribution in [-0.4, -0.2) is 22.9 Å². The fraction of sp³-hybridized carbons (Fsp3) is 0.176. The Kier molecular flexibility index (Phi) is 4.05. The van der Waals surface area contributed by atoms with Crippen molar-refractivity contribution in [3.63, 3.8) is 0 Å². The molecule has 23 heavy (non-hydrogen) atoms. The van der Waals surface area contributed by atoms with E-state index >= 15 is 0 Å². The third-order valence-electron chi connectivity index (χ3n) is 3.83. The fourth-order valence-electron chi connectivity index (χ4n) is 2.53. The lowest BCUT2D eigenvalue weighted by atomic mass is 10.2. The van der Waals surface area contributed by atoms with Gasteiger partial charge in [-0.2, -0.15) is 0 Å². The largest absolute Gasteiger partial charge is 0.332 e. The average molecular weight is 333 g/mol. The van der Waals surface area contributed by atoms with Gasteiger partial charge in [0.05, 0.1) is 5.69 Å². The van der Waals surface area contributed by atoms with E-state index in [2.05, 4.69) is 0 Å². The summed E-state index contributed by atoms with van der Waals surface area (Å²) in [5, 5.41) is 0.532. The monoisotopic (exact) mass is 332 g/mol. The highest BCUT2D eigenvalue weighted by atomic mass is 35.5. The summed E-state index contributed by atoms with van der Waals surface area (Å²) < 4.78 is 13.0. The van der Waals surface area contributed by atoms with Crippen molar-refractivity contribution in [2.45, 2.75) is 19.5 Å². The molecule has 3 amide bonds. The van der Waals surface area contributed by atoms with E-state index in [1.54, 1.807) is 43.3 Å². The lowest BCUT2D eigenvalue weighted by Crippen LogP contribution is -2.33. The number of rotatable bonds is 3. The van der Waals surface area contributed by atoms with Crippen molar-refractivity contribution in [3.8, 4) is 0 Å². The zero-order valence-electron chi connectivity index (χ0n) is 12.4. The maximum Gasteiger partial charge on any atom is 0.332 e. The second kappa shape index (κ2) is 6.01. The summed E-state index contributed by atoms with van der Waals surface area (Å²) in [5.74, 6) is -0.632. The molecule has 2 aromatic rings. The molecule has 118 valence electrons. The zero-order chi connectivity index (χ0) is 16.6. The van der Waals surface area contributed by atoms with Crippen LogP contribution in [0.1, 0.15) is 12.5 Å². The van der Waals surface area contributed by atoms with E-state index in [0.29, 0.717) is 10.7 Å². The minimum Gasteiger partial charge on any atom is -0.308 e. The van der Waals surface area contributed by atoms with Gasteiger partial charge in [-0.1, -0.05) is 23.7 Å². The standard InChI is InChI=1S/C17H14ClFN2O2/c1-11-16(22)21(15-8-4-13(18)5-9-15)17(23)20(11)10-12-2-6-14(19)7-3-12/h2-9,11H,10H2,1H3/t11-/m0/s1. The van der Waals surface area contributed by atoms with Gasteiger partial charge in [0.25, 0.3) is 5.91 Å². The highest BCUT2D eigenvalue weighted by Gasteiger charge is 2.43. The molecule has 0 aliphatic carbocycles. The Morgan fingerprint density at radius 2 is 1.65 bits per heavy atom. The average Bonchev–Trinajstić information content (AvgIpc) is 2.74. The van der Waals surface area contributed by atoms with Crippen LogP contribution in [0.5, 0.6) is 0 Å². The van der Waals surface area contributed by atoms with E-state index in [1.165, 1.54) is 17.0 Å². The van der Waals surface area contributed by atoms with Gasteiger partial charge in [0.1, 0.15) is 11.9 Å². The van der Waals surface area contributed by atoms with E-state index in [0.717, 1.165) is 10.5 Å². The third-order valence-corrected chi connectivity index (χ3v) is 4.09. The number of halogens is 2. The van der Waals surface area contributed by atoms with Crippen molar-refractivity contribution in [1.29, 1.82) is 0 Å². The molecule has 6 heteroatoms. The predicted octanol–water partition coefficient (Wildman–Crippen LogP) is 3.84. The van der Waals surface area contributed by atoms with Gasteiger partial charge < -0.3 is 4.90 Å². The summed E-state index contributed by atoms with van der Waals surface area (Å²) in [6.07, 6.45) is 0. The van der Waals surface area contributed by atoms with Crippen molar-refractivity contribution >= 4 is 29.2 Å². The molecule has 0 radical (unpaired) electrons. The van der Waals surface area contributed by atoms with Crippen molar-refractivity contribution in [3.05, 3.63) is 64.9 Å². The van der Waals surface area contributed by atoms with Crippen molar-refractivity contribution in [2.75, 3.05) is 4.90 Å². The van der Waals surface area contributed by atoms with Crippen LogP contribution >= 0.6 is 11.6 Å². The topological polar surface area (TPSA) is 40.6 Å². The maximum atomic E-state index is 13.0. The van der Waals surface area contributed by atoms with Gasteiger partial charge in [-0.05, 0) is 48.9 Å². The summed E-state index contributed by atoms with van der Waals surface area (Å²) >= 11 is 5.84. The highest BCUT2D eigenvalue weighted by molar-refractivity contribution is 6.30. The summed E-state index contributed by atoms with van der Waals surface area (Å²) in [6, 6.07) is 11.4. The van der Waals surface area contributed by atoms with Gasteiger partial charge >= 0.3 is 6.03 Å². The molecule has 1 aliphatic heterocycles.